The Morgan fingerprint density at radius 1 is 0.371 bits per heavy atom. The van der Waals surface area contributed by atoms with Gasteiger partial charge >= 0.3 is 17.9 Å². The lowest BCUT2D eigenvalue weighted by Gasteiger charge is -2.25. The van der Waals surface area contributed by atoms with Gasteiger partial charge in [0.1, 0.15) is 13.2 Å². The second-order valence-electron chi connectivity index (χ2n) is 22.4. The minimum absolute atomic E-state index is 0.173. The number of carboxylic acid groups (broad SMARTS) is 1. The lowest BCUT2D eigenvalue weighted by atomic mass is 10.0. The van der Waals surface area contributed by atoms with Gasteiger partial charge in [-0.25, -0.2) is 4.79 Å². The van der Waals surface area contributed by atoms with Gasteiger partial charge in [-0.05, 0) is 12.8 Å². The molecule has 9 nitrogen and oxygen atoms in total. The molecule has 0 radical (unpaired) electrons. The molecule has 0 heterocycles. The number of esters is 2. The van der Waals surface area contributed by atoms with Gasteiger partial charge in [0, 0.05) is 12.8 Å². The van der Waals surface area contributed by atoms with E-state index in [4.69, 9.17) is 18.9 Å². The van der Waals surface area contributed by atoms with Crippen LogP contribution in [0.1, 0.15) is 316 Å². The summed E-state index contributed by atoms with van der Waals surface area (Å²) < 4.78 is 22.9. The molecule has 1 N–H and O–H groups in total. The minimum Gasteiger partial charge on any atom is -0.477 e. The van der Waals surface area contributed by atoms with Crippen LogP contribution >= 0.6 is 0 Å². The van der Waals surface area contributed by atoms with E-state index in [2.05, 4.69) is 13.8 Å². The van der Waals surface area contributed by atoms with Gasteiger partial charge in [-0.3, -0.25) is 9.59 Å². The van der Waals surface area contributed by atoms with E-state index in [9.17, 15) is 19.5 Å². The SMILES string of the molecule is CCCCCCCCCCCCCCCCCCCCCCCCCCCCCCCCCCC(=O)OC(COC(=O)CCCCCCCCCCCCCCC)COC(OCC[N+](C)(C)C)C(=O)O. The van der Waals surface area contributed by atoms with Gasteiger partial charge in [0.25, 0.3) is 6.29 Å². The maximum Gasteiger partial charge on any atom is 0.361 e. The first kappa shape index (κ1) is 68.3. The van der Waals surface area contributed by atoms with E-state index in [1.54, 1.807) is 0 Å². The number of quaternary nitrogens is 1. The summed E-state index contributed by atoms with van der Waals surface area (Å²) in [4.78, 5) is 37.3. The lowest BCUT2D eigenvalue weighted by molar-refractivity contribution is -0.870. The number of aliphatic carboxylic acids is 1. The van der Waals surface area contributed by atoms with Crippen molar-refractivity contribution in [3.8, 4) is 0 Å². The predicted molar refractivity (Wildman–Crippen MR) is 295 cm³/mol. The summed E-state index contributed by atoms with van der Waals surface area (Å²) in [7, 11) is 5.98. The molecule has 0 amide bonds. The summed E-state index contributed by atoms with van der Waals surface area (Å²) in [6, 6.07) is 0. The van der Waals surface area contributed by atoms with Gasteiger partial charge < -0.3 is 28.5 Å². The van der Waals surface area contributed by atoms with Crippen LogP contribution in [0.15, 0.2) is 0 Å². The van der Waals surface area contributed by atoms with Crippen molar-refractivity contribution in [2.75, 3.05) is 47.5 Å². The molecule has 0 aromatic heterocycles. The van der Waals surface area contributed by atoms with Crippen molar-refractivity contribution >= 4 is 17.9 Å². The van der Waals surface area contributed by atoms with Crippen molar-refractivity contribution in [1.29, 1.82) is 0 Å². The fraction of sp³-hybridized carbons (Fsp3) is 0.951. The molecule has 2 unspecified atom stereocenters. The fourth-order valence-corrected chi connectivity index (χ4v) is 9.37. The summed E-state index contributed by atoms with van der Waals surface area (Å²) >= 11 is 0. The zero-order chi connectivity index (χ0) is 51.3. The number of ether oxygens (including phenoxy) is 4. The van der Waals surface area contributed by atoms with Crippen molar-refractivity contribution < 1.29 is 42.9 Å². The van der Waals surface area contributed by atoms with Crippen LogP contribution in [-0.4, -0.2) is 87.4 Å². The third kappa shape index (κ3) is 54.1. The normalized spacial score (nSPS) is 12.6. The monoisotopic (exact) mass is 995 g/mol. The summed E-state index contributed by atoms with van der Waals surface area (Å²) in [6.07, 6.45) is 57.8. The van der Waals surface area contributed by atoms with E-state index in [1.807, 2.05) is 21.1 Å². The van der Waals surface area contributed by atoms with Crippen LogP contribution in [0.25, 0.3) is 0 Å². The topological polar surface area (TPSA) is 108 Å². The van der Waals surface area contributed by atoms with E-state index in [-0.39, 0.29) is 38.2 Å². The van der Waals surface area contributed by atoms with Gasteiger partial charge in [0.15, 0.2) is 6.10 Å². The van der Waals surface area contributed by atoms with Crippen LogP contribution in [0.4, 0.5) is 0 Å². The van der Waals surface area contributed by atoms with Gasteiger partial charge in [0.2, 0.25) is 0 Å². The first-order valence-corrected chi connectivity index (χ1v) is 30.7. The average molecular weight is 996 g/mol. The Morgan fingerprint density at radius 3 is 0.914 bits per heavy atom. The van der Waals surface area contributed by atoms with E-state index in [0.717, 1.165) is 38.5 Å². The van der Waals surface area contributed by atoms with Gasteiger partial charge in [-0.15, -0.1) is 0 Å². The molecular weight excluding hydrogens is 875 g/mol. The highest BCUT2D eigenvalue weighted by atomic mass is 16.7. The number of hydrogen-bond donors (Lipinski definition) is 1. The molecule has 0 rings (SSSR count). The molecule has 0 aliphatic carbocycles. The summed E-state index contributed by atoms with van der Waals surface area (Å²) in [6.45, 7) is 4.94. The fourth-order valence-electron chi connectivity index (χ4n) is 9.37. The number of nitrogens with zero attached hydrogens (tertiary/aromatic N) is 1. The molecule has 2 atom stereocenters. The molecule has 70 heavy (non-hydrogen) atoms. The van der Waals surface area contributed by atoms with Crippen molar-refractivity contribution in [3.05, 3.63) is 0 Å². The Kier molecular flexibility index (Phi) is 52.3. The Labute approximate surface area is 434 Å². The van der Waals surface area contributed by atoms with E-state index in [1.165, 1.54) is 250 Å². The number of carboxylic acids is 1. The first-order valence-electron chi connectivity index (χ1n) is 30.7. The van der Waals surface area contributed by atoms with Crippen molar-refractivity contribution in [3.63, 3.8) is 0 Å². The molecule has 0 aromatic rings. The number of likely N-dealkylation sites (N-methyl/N-ethyl adjacent to an activating group) is 1. The van der Waals surface area contributed by atoms with Gasteiger partial charge in [-0.1, -0.05) is 290 Å². The molecule has 0 fully saturated rings. The molecule has 0 bridgehead atoms. The maximum atomic E-state index is 12.9. The quantitative estimate of drug-likeness (QED) is 0.0278. The third-order valence-electron chi connectivity index (χ3n) is 14.1. The predicted octanol–water partition coefficient (Wildman–Crippen LogP) is 18.0. The van der Waals surface area contributed by atoms with Crippen molar-refractivity contribution in [2.45, 2.75) is 328 Å². The van der Waals surface area contributed by atoms with Crippen LogP contribution in [0, 0.1) is 0 Å². The van der Waals surface area contributed by atoms with E-state index < -0.39 is 18.4 Å². The second kappa shape index (κ2) is 53.6. The number of hydrogen-bond acceptors (Lipinski definition) is 7. The summed E-state index contributed by atoms with van der Waals surface area (Å²) in [5.74, 6) is -1.98. The standard InChI is InChI=1S/C61H119NO8/c1-6-8-10-12-14-16-18-20-21-22-23-24-25-26-27-28-29-30-31-32-33-34-35-36-37-38-40-42-44-46-48-50-52-59(64)70-57(56-69-61(60(65)66)67-54-53-62(3,4)5)55-68-58(63)51-49-47-45-43-41-39-19-17-15-13-11-9-7-2/h57,61H,6-56H2,1-5H3/p+1. The molecule has 416 valence electrons. The summed E-state index contributed by atoms with van der Waals surface area (Å²) in [5, 5.41) is 9.69. The number of carbonyl (C=O) groups excluding carboxylic acids is 2. The minimum atomic E-state index is -1.50. The zero-order valence-electron chi connectivity index (χ0n) is 47.5. The number of rotatable bonds is 58. The molecule has 0 aliphatic heterocycles. The van der Waals surface area contributed by atoms with Crippen molar-refractivity contribution in [2.24, 2.45) is 0 Å². The number of carbonyl (C=O) groups is 3. The van der Waals surface area contributed by atoms with Gasteiger partial charge in [-0.2, -0.15) is 0 Å². The van der Waals surface area contributed by atoms with Crippen LogP contribution in [0.2, 0.25) is 0 Å². The average Bonchev–Trinajstić information content (AvgIpc) is 3.33. The van der Waals surface area contributed by atoms with Crippen LogP contribution in [0.3, 0.4) is 0 Å². The van der Waals surface area contributed by atoms with E-state index in [0.29, 0.717) is 17.4 Å². The Morgan fingerprint density at radius 2 is 0.643 bits per heavy atom. The molecule has 0 saturated carbocycles. The molecule has 0 spiro atoms. The highest BCUT2D eigenvalue weighted by Gasteiger charge is 2.25. The Hall–Kier alpha value is -1.71. The van der Waals surface area contributed by atoms with Crippen LogP contribution in [-0.2, 0) is 33.3 Å². The Balaban J connectivity index is 4.00. The van der Waals surface area contributed by atoms with Crippen LogP contribution < -0.4 is 0 Å². The Bertz CT molecular complexity index is 1110. The second-order valence-corrected chi connectivity index (χ2v) is 22.4. The highest BCUT2D eigenvalue weighted by molar-refractivity contribution is 5.71. The lowest BCUT2D eigenvalue weighted by Crippen LogP contribution is -2.40. The van der Waals surface area contributed by atoms with Gasteiger partial charge in [0.05, 0.1) is 34.4 Å². The summed E-state index contributed by atoms with van der Waals surface area (Å²) in [5.41, 5.74) is 0. The smallest absolute Gasteiger partial charge is 0.361 e. The molecular formula is C61H120NO8+. The molecule has 9 heteroatoms. The molecule has 0 aliphatic rings. The van der Waals surface area contributed by atoms with E-state index >= 15 is 0 Å². The molecule has 0 aromatic carbocycles. The maximum absolute atomic E-state index is 12.9. The molecule has 0 saturated heterocycles. The van der Waals surface area contributed by atoms with Crippen LogP contribution in [0.5, 0.6) is 0 Å². The first-order chi connectivity index (χ1) is 34.1. The third-order valence-corrected chi connectivity index (χ3v) is 14.1. The highest BCUT2D eigenvalue weighted by Crippen LogP contribution is 2.18. The number of unbranched alkanes of at least 4 members (excludes halogenated alkanes) is 43. The zero-order valence-corrected chi connectivity index (χ0v) is 47.5. The largest absolute Gasteiger partial charge is 0.477 e. The van der Waals surface area contributed by atoms with Crippen molar-refractivity contribution in [1.82, 2.24) is 0 Å².